The number of aliphatic imine (C=N–C) groups is 1. The van der Waals surface area contributed by atoms with Crippen molar-refractivity contribution in [3.8, 4) is 0 Å². The van der Waals surface area contributed by atoms with E-state index < -0.39 is 11.9 Å². The van der Waals surface area contributed by atoms with Gasteiger partial charge >= 0.3 is 0 Å². The first-order valence-corrected chi connectivity index (χ1v) is 17.8. The van der Waals surface area contributed by atoms with Crippen LogP contribution in [-0.4, -0.2) is 70.1 Å². The number of rotatable bonds is 20. The van der Waals surface area contributed by atoms with Crippen molar-refractivity contribution >= 4 is 65.0 Å². The summed E-state index contributed by atoms with van der Waals surface area (Å²) in [5.41, 5.74) is 3.94. The summed E-state index contributed by atoms with van der Waals surface area (Å²) in [6.45, 7) is 11.5. The van der Waals surface area contributed by atoms with E-state index in [-0.39, 0.29) is 0 Å². The number of benzene rings is 2. The first-order chi connectivity index (χ1) is 23.3. The third kappa shape index (κ3) is 11.4. The van der Waals surface area contributed by atoms with Crippen LogP contribution in [-0.2, 0) is 24.3 Å². The monoisotopic (exact) mass is 709 g/mol. The Morgan fingerprint density at radius 2 is 1.96 bits per heavy atom. The Morgan fingerprint density at radius 3 is 2.62 bits per heavy atom. The minimum absolute atomic E-state index is 0.351. The van der Waals surface area contributed by atoms with E-state index in [4.69, 9.17) is 16.6 Å². The van der Waals surface area contributed by atoms with Gasteiger partial charge in [0.25, 0.3) is 0 Å². The van der Waals surface area contributed by atoms with Crippen molar-refractivity contribution < 1.29 is 14.3 Å². The van der Waals surface area contributed by atoms with Gasteiger partial charge in [0.1, 0.15) is 22.7 Å². The van der Waals surface area contributed by atoms with Crippen LogP contribution in [0.2, 0.25) is 5.02 Å². The maximum Gasteiger partial charge on any atom is 0.210 e. The number of aliphatic hydroxyl groups is 1. The minimum Gasteiger partial charge on any atom is -0.386 e. The average molecular weight is 710 g/mol. The topological polar surface area (TPSA) is 106 Å². The molecule has 0 aliphatic carbocycles. The molecule has 2 aromatic carbocycles. The largest absolute Gasteiger partial charge is 0.386 e. The third-order valence-electron chi connectivity index (χ3n) is 7.44. The van der Waals surface area contributed by atoms with E-state index in [1.165, 1.54) is 29.2 Å². The van der Waals surface area contributed by atoms with Gasteiger partial charge in [0.2, 0.25) is 6.41 Å². The zero-order chi connectivity index (χ0) is 34.3. The molecule has 0 spiro atoms. The van der Waals surface area contributed by atoms with Crippen molar-refractivity contribution in [3.05, 3.63) is 110 Å². The van der Waals surface area contributed by atoms with Crippen LogP contribution in [0.3, 0.4) is 0 Å². The molecular weight excluding hydrogens is 669 g/mol. The number of anilines is 2. The van der Waals surface area contributed by atoms with Crippen LogP contribution in [0.4, 0.5) is 15.9 Å². The van der Waals surface area contributed by atoms with Crippen molar-refractivity contribution in [2.45, 2.75) is 39.5 Å². The van der Waals surface area contributed by atoms with Gasteiger partial charge in [-0.05, 0) is 61.0 Å². The molecule has 0 saturated heterocycles. The lowest BCUT2D eigenvalue weighted by Gasteiger charge is -2.24. The van der Waals surface area contributed by atoms with E-state index in [9.17, 15) is 14.3 Å². The first-order valence-electron chi connectivity index (χ1n) is 15.6. The number of halogens is 2. The van der Waals surface area contributed by atoms with Gasteiger partial charge in [-0.1, -0.05) is 54.9 Å². The number of hydrogen-bond donors (Lipinski definition) is 3. The van der Waals surface area contributed by atoms with Crippen LogP contribution in [0.25, 0.3) is 5.70 Å². The molecule has 1 amide bonds. The summed E-state index contributed by atoms with van der Waals surface area (Å²) < 4.78 is 14.0. The molecule has 4 aromatic rings. The van der Waals surface area contributed by atoms with Gasteiger partial charge in [-0.25, -0.2) is 14.4 Å². The van der Waals surface area contributed by atoms with E-state index in [0.717, 1.165) is 47.7 Å². The van der Waals surface area contributed by atoms with Crippen LogP contribution < -0.4 is 10.6 Å². The maximum atomic E-state index is 14.0. The number of thiazole rings is 1. The van der Waals surface area contributed by atoms with Crippen LogP contribution in [0.5, 0.6) is 0 Å². The van der Waals surface area contributed by atoms with E-state index in [0.29, 0.717) is 59.2 Å². The molecule has 9 nitrogen and oxygen atoms in total. The number of thioether (sulfide) groups is 1. The number of hydrogen-bond acceptors (Lipinski definition) is 10. The van der Waals surface area contributed by atoms with Gasteiger partial charge in [-0.15, -0.1) is 23.1 Å². The van der Waals surface area contributed by atoms with E-state index in [1.807, 2.05) is 47.9 Å². The molecule has 0 fully saturated rings. The normalized spacial score (nSPS) is 12.2. The summed E-state index contributed by atoms with van der Waals surface area (Å²) in [6.07, 6.45) is 2.61. The van der Waals surface area contributed by atoms with Gasteiger partial charge in [0.15, 0.2) is 0 Å². The molecule has 0 aliphatic rings. The molecule has 0 bridgehead atoms. The van der Waals surface area contributed by atoms with E-state index in [1.54, 1.807) is 30.2 Å². The van der Waals surface area contributed by atoms with E-state index in [2.05, 4.69) is 39.2 Å². The van der Waals surface area contributed by atoms with Crippen LogP contribution in [0, 0.1) is 5.82 Å². The number of carbonyl (C=O) groups is 1. The van der Waals surface area contributed by atoms with Crippen LogP contribution in [0.1, 0.15) is 46.7 Å². The highest BCUT2D eigenvalue weighted by molar-refractivity contribution is 8.02. The lowest BCUT2D eigenvalue weighted by atomic mass is 10.2. The predicted octanol–water partition coefficient (Wildman–Crippen LogP) is 7.32. The summed E-state index contributed by atoms with van der Waals surface area (Å²) in [4.78, 5) is 30.2. The Kier molecular flexibility index (Phi) is 14.8. The second-order valence-corrected chi connectivity index (χ2v) is 13.3. The molecule has 2 aromatic heterocycles. The standard InChI is InChI=1S/C35H41ClFN7O2S2/c1-4-43(16-17-44(24-45)21-26-8-6-5-7-9-26)15-14-31-34(48-35(42-31)25(2)46)32(38-3)22-47-23-41-33-13-10-27(20-40-33)19-39-30-12-11-28(36)18-29(30)37/h5-13,18,20,22,24-25,39,46H,3-4,14-17,19,21,23H2,1-2H3,(H,40,41)/b32-22-. The molecule has 1 unspecified atom stereocenters. The molecule has 0 radical (unpaired) electrons. The predicted molar refractivity (Wildman–Crippen MR) is 198 cm³/mol. The van der Waals surface area contributed by atoms with Crippen molar-refractivity contribution in [2.75, 3.05) is 42.7 Å². The fourth-order valence-electron chi connectivity index (χ4n) is 4.73. The molecule has 0 saturated carbocycles. The second kappa shape index (κ2) is 19.3. The van der Waals surface area contributed by atoms with Gasteiger partial charge < -0.3 is 25.5 Å². The van der Waals surface area contributed by atoms with Gasteiger partial charge in [0.05, 0.1) is 27.8 Å². The Hall–Kier alpha value is -3.81. The molecule has 2 heterocycles. The van der Waals surface area contributed by atoms with E-state index >= 15 is 0 Å². The fraction of sp³-hybridized carbons (Fsp3) is 0.314. The minimum atomic E-state index is -0.696. The summed E-state index contributed by atoms with van der Waals surface area (Å²) in [6, 6.07) is 18.3. The lowest BCUT2D eigenvalue weighted by Crippen LogP contribution is -2.35. The summed E-state index contributed by atoms with van der Waals surface area (Å²) >= 11 is 8.77. The number of pyridine rings is 1. The number of nitrogens with one attached hydrogen (secondary N) is 2. The summed E-state index contributed by atoms with van der Waals surface area (Å²) in [5, 5.41) is 19.6. The quantitative estimate of drug-likeness (QED) is 0.0380. The van der Waals surface area contributed by atoms with Crippen molar-refractivity contribution in [2.24, 2.45) is 4.99 Å². The zero-order valence-corrected chi connectivity index (χ0v) is 29.5. The average Bonchev–Trinajstić information content (AvgIpc) is 3.53. The number of carbonyl (C=O) groups excluding carboxylic acids is 1. The van der Waals surface area contributed by atoms with Gasteiger partial charge in [-0.3, -0.25) is 9.79 Å². The Labute approximate surface area is 295 Å². The smallest absolute Gasteiger partial charge is 0.210 e. The zero-order valence-electron chi connectivity index (χ0n) is 27.1. The highest BCUT2D eigenvalue weighted by Crippen LogP contribution is 2.32. The molecule has 13 heteroatoms. The number of likely N-dealkylation sites (N-methyl/N-ethyl adjacent to an activating group) is 1. The number of amides is 1. The Bertz CT molecular complexity index is 1640. The first kappa shape index (κ1) is 37.0. The van der Waals surface area contributed by atoms with Crippen LogP contribution in [0.15, 0.2) is 77.3 Å². The fourth-order valence-corrected chi connectivity index (χ4v) is 6.66. The van der Waals surface area contributed by atoms with Crippen LogP contribution >= 0.6 is 34.7 Å². The number of aliphatic hydroxyl groups excluding tert-OH is 1. The Balaban J connectivity index is 1.30. The van der Waals surface area contributed by atoms with Crippen molar-refractivity contribution in [1.82, 2.24) is 19.8 Å². The number of aromatic nitrogens is 2. The lowest BCUT2D eigenvalue weighted by molar-refractivity contribution is -0.118. The summed E-state index contributed by atoms with van der Waals surface area (Å²) in [5.74, 6) is 0.841. The second-order valence-electron chi connectivity index (χ2n) is 10.9. The SMILES string of the molecule is C=N/C(=C\SCNc1ccc(CNc2ccc(Cl)cc2F)cn1)c1sc(C(C)O)nc1CCN(CC)CCN(C=O)Cc1ccccc1. The van der Waals surface area contributed by atoms with Gasteiger partial charge in [0, 0.05) is 50.4 Å². The molecule has 3 N–H and O–H groups in total. The molecular formula is C35H41ClFN7O2S2. The molecule has 4 rings (SSSR count). The number of nitrogens with zero attached hydrogens (tertiary/aromatic N) is 5. The highest BCUT2D eigenvalue weighted by Gasteiger charge is 2.18. The summed E-state index contributed by atoms with van der Waals surface area (Å²) in [7, 11) is 0. The highest BCUT2D eigenvalue weighted by atomic mass is 35.5. The molecule has 0 aliphatic heterocycles. The third-order valence-corrected chi connectivity index (χ3v) is 9.66. The molecule has 254 valence electrons. The van der Waals surface area contributed by atoms with Crippen molar-refractivity contribution in [1.29, 1.82) is 0 Å². The molecule has 1 atom stereocenters. The molecule has 48 heavy (non-hydrogen) atoms. The maximum absolute atomic E-state index is 14.0. The van der Waals surface area contributed by atoms with Crippen molar-refractivity contribution in [3.63, 3.8) is 0 Å². The van der Waals surface area contributed by atoms with Gasteiger partial charge in [-0.2, -0.15) is 0 Å². The Morgan fingerprint density at radius 1 is 1.15 bits per heavy atom.